The number of carbonyl (C=O) groups excluding carboxylic acids is 3. The summed E-state index contributed by atoms with van der Waals surface area (Å²) in [6, 6.07) is 29.3. The van der Waals surface area contributed by atoms with Crippen LogP contribution in [0.5, 0.6) is 0 Å². The van der Waals surface area contributed by atoms with E-state index in [-0.39, 0.29) is 21.7 Å². The molecule has 0 unspecified atom stereocenters. The predicted molar refractivity (Wildman–Crippen MR) is 177 cm³/mol. The fourth-order valence-electron chi connectivity index (χ4n) is 5.00. The summed E-state index contributed by atoms with van der Waals surface area (Å²) in [6.07, 6.45) is 1.62. The van der Waals surface area contributed by atoms with E-state index in [1.165, 1.54) is 36.4 Å². The summed E-state index contributed by atoms with van der Waals surface area (Å²) >= 11 is 0. The predicted octanol–water partition coefficient (Wildman–Crippen LogP) is 6.70. The van der Waals surface area contributed by atoms with Crippen molar-refractivity contribution >= 4 is 66.6 Å². The molecular formula is C35H26N4O6S. The van der Waals surface area contributed by atoms with E-state index in [1.807, 2.05) is 19.1 Å². The van der Waals surface area contributed by atoms with Crippen LogP contribution in [0.25, 0.3) is 21.7 Å². The Hall–Kier alpha value is -5.91. The van der Waals surface area contributed by atoms with Gasteiger partial charge in [-0.05, 0) is 73.0 Å². The van der Waals surface area contributed by atoms with Crippen LogP contribution >= 0.6 is 0 Å². The van der Waals surface area contributed by atoms with Crippen LogP contribution in [0.1, 0.15) is 36.6 Å². The van der Waals surface area contributed by atoms with E-state index < -0.39 is 27.8 Å². The number of hydrogen-bond acceptors (Lipinski definition) is 6. The first-order chi connectivity index (χ1) is 22.0. The molecule has 0 spiro atoms. The molecule has 0 saturated heterocycles. The van der Waals surface area contributed by atoms with Gasteiger partial charge < -0.3 is 16.0 Å². The van der Waals surface area contributed by atoms with E-state index in [2.05, 4.69) is 20.9 Å². The SMILES string of the molecule is Cc1ccc(C(=O)Nc2cc(C(=O)Nc3cccc4cc(S(=O)(=O)O)ccc34)cc(C(=O)Nc3cccc4cccnc34)c2)cc1. The van der Waals surface area contributed by atoms with Crippen molar-refractivity contribution < 1.29 is 27.4 Å². The zero-order chi connectivity index (χ0) is 32.4. The number of hydrogen-bond donors (Lipinski definition) is 4. The van der Waals surface area contributed by atoms with Crippen LogP contribution in [0.2, 0.25) is 0 Å². The van der Waals surface area contributed by atoms with Crippen molar-refractivity contribution in [2.45, 2.75) is 11.8 Å². The molecule has 0 bridgehead atoms. The molecule has 0 aliphatic carbocycles. The third kappa shape index (κ3) is 6.46. The molecule has 1 heterocycles. The van der Waals surface area contributed by atoms with Crippen molar-refractivity contribution in [1.82, 2.24) is 4.98 Å². The van der Waals surface area contributed by atoms with Crippen LogP contribution in [0, 0.1) is 6.92 Å². The van der Waals surface area contributed by atoms with Gasteiger partial charge >= 0.3 is 0 Å². The number of pyridine rings is 1. The molecule has 0 atom stereocenters. The minimum atomic E-state index is -4.42. The minimum absolute atomic E-state index is 0.0782. The Morgan fingerprint density at radius 2 is 1.24 bits per heavy atom. The smallest absolute Gasteiger partial charge is 0.294 e. The van der Waals surface area contributed by atoms with Crippen molar-refractivity contribution in [1.29, 1.82) is 0 Å². The number of aryl methyl sites for hydroxylation is 1. The summed E-state index contributed by atoms with van der Waals surface area (Å²) in [6.45, 7) is 1.91. The van der Waals surface area contributed by atoms with Gasteiger partial charge in [-0.1, -0.05) is 54.1 Å². The summed E-state index contributed by atoms with van der Waals surface area (Å²) < 4.78 is 32.7. The maximum atomic E-state index is 13.6. The normalized spacial score (nSPS) is 11.3. The monoisotopic (exact) mass is 630 g/mol. The summed E-state index contributed by atoms with van der Waals surface area (Å²) in [5.74, 6) is -1.54. The zero-order valence-electron chi connectivity index (χ0n) is 24.3. The van der Waals surface area contributed by atoms with E-state index in [9.17, 15) is 27.4 Å². The van der Waals surface area contributed by atoms with Gasteiger partial charge in [-0.15, -0.1) is 0 Å². The van der Waals surface area contributed by atoms with Gasteiger partial charge in [0.15, 0.2) is 0 Å². The van der Waals surface area contributed by atoms with Gasteiger partial charge in [0.25, 0.3) is 27.8 Å². The average Bonchev–Trinajstić information content (AvgIpc) is 3.04. The van der Waals surface area contributed by atoms with Gasteiger partial charge in [0, 0.05) is 45.0 Å². The molecule has 0 radical (unpaired) electrons. The highest BCUT2D eigenvalue weighted by molar-refractivity contribution is 7.85. The number of aromatic nitrogens is 1. The van der Waals surface area contributed by atoms with Crippen LogP contribution in [-0.2, 0) is 10.1 Å². The molecule has 4 N–H and O–H groups in total. The quantitative estimate of drug-likeness (QED) is 0.143. The zero-order valence-corrected chi connectivity index (χ0v) is 25.1. The Bertz CT molecular complexity index is 2280. The fourth-order valence-corrected chi connectivity index (χ4v) is 5.51. The molecule has 1 aromatic heterocycles. The Labute approximate surface area is 263 Å². The average molecular weight is 631 g/mol. The van der Waals surface area contributed by atoms with Gasteiger partial charge in [-0.3, -0.25) is 23.9 Å². The van der Waals surface area contributed by atoms with Gasteiger partial charge in [-0.2, -0.15) is 8.42 Å². The van der Waals surface area contributed by atoms with Crippen molar-refractivity contribution in [3.05, 3.63) is 138 Å². The number of benzene rings is 5. The fraction of sp³-hybridized carbons (Fsp3) is 0.0286. The Morgan fingerprint density at radius 1 is 0.630 bits per heavy atom. The van der Waals surface area contributed by atoms with Gasteiger partial charge in [-0.25, -0.2) is 0 Å². The highest BCUT2D eigenvalue weighted by Gasteiger charge is 2.18. The number of anilines is 3. The Balaban J connectivity index is 1.35. The molecule has 10 nitrogen and oxygen atoms in total. The number of nitrogens with zero attached hydrogens (tertiary/aromatic N) is 1. The molecule has 5 aromatic carbocycles. The van der Waals surface area contributed by atoms with E-state index >= 15 is 0 Å². The summed E-state index contributed by atoms with van der Waals surface area (Å²) in [4.78, 5) is 44.4. The molecule has 6 aromatic rings. The van der Waals surface area contributed by atoms with E-state index in [4.69, 9.17) is 0 Å². The van der Waals surface area contributed by atoms with Crippen LogP contribution in [0.4, 0.5) is 17.1 Å². The molecule has 0 saturated carbocycles. The topological polar surface area (TPSA) is 155 Å². The van der Waals surface area contributed by atoms with Crippen molar-refractivity contribution in [3.8, 4) is 0 Å². The van der Waals surface area contributed by atoms with Crippen molar-refractivity contribution in [2.24, 2.45) is 0 Å². The number of fused-ring (bicyclic) bond motifs is 2. The highest BCUT2D eigenvalue weighted by atomic mass is 32.2. The van der Waals surface area contributed by atoms with Crippen LogP contribution in [0.15, 0.2) is 120 Å². The molecule has 0 aliphatic heterocycles. The maximum absolute atomic E-state index is 13.6. The number of nitrogens with one attached hydrogen (secondary N) is 3. The Kier molecular flexibility index (Phi) is 8.01. The first-order valence-electron chi connectivity index (χ1n) is 14.0. The number of carbonyl (C=O) groups is 3. The lowest BCUT2D eigenvalue weighted by Crippen LogP contribution is -2.18. The van der Waals surface area contributed by atoms with Crippen LogP contribution in [0.3, 0.4) is 0 Å². The van der Waals surface area contributed by atoms with E-state index in [1.54, 1.807) is 66.9 Å². The van der Waals surface area contributed by atoms with Crippen LogP contribution in [-0.4, -0.2) is 35.7 Å². The summed E-state index contributed by atoms with van der Waals surface area (Å²) in [7, 11) is -4.42. The second kappa shape index (κ2) is 12.2. The lowest BCUT2D eigenvalue weighted by Gasteiger charge is -2.14. The summed E-state index contributed by atoms with van der Waals surface area (Å²) in [5, 5.41) is 10.3. The largest absolute Gasteiger partial charge is 0.322 e. The second-order valence-electron chi connectivity index (χ2n) is 10.6. The van der Waals surface area contributed by atoms with E-state index in [0.29, 0.717) is 33.2 Å². The molecular weight excluding hydrogens is 604 g/mol. The number of amides is 3. The number of rotatable bonds is 7. The van der Waals surface area contributed by atoms with Crippen molar-refractivity contribution in [2.75, 3.05) is 16.0 Å². The molecule has 11 heteroatoms. The van der Waals surface area contributed by atoms with Crippen molar-refractivity contribution in [3.63, 3.8) is 0 Å². The maximum Gasteiger partial charge on any atom is 0.294 e. The molecule has 6 rings (SSSR count). The Morgan fingerprint density at radius 3 is 1.93 bits per heavy atom. The minimum Gasteiger partial charge on any atom is -0.322 e. The number of para-hydroxylation sites is 1. The summed E-state index contributed by atoms with van der Waals surface area (Å²) in [5.41, 5.74) is 3.22. The molecule has 0 aliphatic rings. The van der Waals surface area contributed by atoms with Gasteiger partial charge in [0.1, 0.15) is 0 Å². The first kappa shape index (κ1) is 30.1. The second-order valence-corrected chi connectivity index (χ2v) is 12.0. The molecule has 3 amide bonds. The third-order valence-electron chi connectivity index (χ3n) is 7.31. The van der Waals surface area contributed by atoms with Crippen LogP contribution < -0.4 is 16.0 Å². The standard InChI is InChI=1S/C35H26N4O6S/c1-21-10-12-23(13-11-21)33(40)37-27-18-25(17-26(19-27)35(42)39-31-9-2-5-22-7-4-16-36-32(22)31)34(41)38-30-8-3-6-24-20-28(46(43,44)45)14-15-29(24)30/h2-20H,1H3,(H,37,40)(H,38,41)(H,39,42)(H,43,44,45). The third-order valence-corrected chi connectivity index (χ3v) is 8.16. The lowest BCUT2D eigenvalue weighted by molar-refractivity contribution is 0.101. The van der Waals surface area contributed by atoms with Gasteiger partial charge in [0.05, 0.1) is 16.1 Å². The first-order valence-corrected chi connectivity index (χ1v) is 15.5. The lowest BCUT2D eigenvalue weighted by atomic mass is 10.1. The van der Waals surface area contributed by atoms with Gasteiger partial charge in [0.2, 0.25) is 0 Å². The molecule has 228 valence electrons. The molecule has 0 fully saturated rings. The van der Waals surface area contributed by atoms with E-state index in [0.717, 1.165) is 10.9 Å². The molecule has 46 heavy (non-hydrogen) atoms. The highest BCUT2D eigenvalue weighted by Crippen LogP contribution is 2.28.